The van der Waals surface area contributed by atoms with E-state index in [1.807, 2.05) is 11.8 Å². The molecule has 1 aliphatic rings. The van der Waals surface area contributed by atoms with Crippen LogP contribution in [-0.2, 0) is 0 Å². The van der Waals surface area contributed by atoms with Crippen LogP contribution in [0.3, 0.4) is 0 Å². The number of nitrogens with one attached hydrogen (secondary N) is 2. The van der Waals surface area contributed by atoms with Crippen LogP contribution < -0.4 is 5.32 Å². The van der Waals surface area contributed by atoms with E-state index < -0.39 is 5.54 Å². The standard InChI is InChI=1S/C14H27N3O/c1-5-6-7-8-9-14(4)12(15)16-13(18)17(14)10-11(2)3/h11H,5-10H2,1-4H3,(H2,15,16,18). The van der Waals surface area contributed by atoms with Gasteiger partial charge in [-0.2, -0.15) is 0 Å². The molecule has 0 aliphatic carbocycles. The lowest BCUT2D eigenvalue weighted by Gasteiger charge is -2.34. The maximum absolute atomic E-state index is 11.9. The third kappa shape index (κ3) is 3.24. The molecule has 4 heteroatoms. The highest BCUT2D eigenvalue weighted by Gasteiger charge is 2.45. The van der Waals surface area contributed by atoms with Gasteiger partial charge in [0.2, 0.25) is 0 Å². The van der Waals surface area contributed by atoms with Crippen molar-refractivity contribution in [2.45, 2.75) is 65.3 Å². The molecule has 4 nitrogen and oxygen atoms in total. The summed E-state index contributed by atoms with van der Waals surface area (Å²) in [6.45, 7) is 9.13. The Morgan fingerprint density at radius 3 is 2.56 bits per heavy atom. The molecule has 0 aromatic heterocycles. The second-order valence-electron chi connectivity index (χ2n) is 5.89. The number of unbranched alkanes of at least 4 members (excludes halogenated alkanes) is 3. The summed E-state index contributed by atoms with van der Waals surface area (Å²) in [5.41, 5.74) is -0.422. The molecule has 1 rings (SSSR count). The fourth-order valence-corrected chi connectivity index (χ4v) is 2.47. The van der Waals surface area contributed by atoms with Crippen LogP contribution in [0.1, 0.15) is 59.8 Å². The highest BCUT2D eigenvalue weighted by atomic mass is 16.2. The zero-order chi connectivity index (χ0) is 13.8. The van der Waals surface area contributed by atoms with E-state index in [0.29, 0.717) is 11.8 Å². The van der Waals surface area contributed by atoms with E-state index in [9.17, 15) is 4.79 Å². The Kier molecular flexibility index (Phi) is 5.17. The molecule has 1 heterocycles. The van der Waals surface area contributed by atoms with E-state index in [1.54, 1.807) is 0 Å². The highest BCUT2D eigenvalue weighted by molar-refractivity contribution is 6.08. The normalized spacial score (nSPS) is 23.9. The first-order valence-electron chi connectivity index (χ1n) is 7.09. The number of nitrogens with zero attached hydrogens (tertiary/aromatic N) is 1. The third-order valence-electron chi connectivity index (χ3n) is 3.68. The van der Waals surface area contributed by atoms with Crippen molar-refractivity contribution in [2.75, 3.05) is 6.54 Å². The largest absolute Gasteiger partial charge is 0.323 e. The summed E-state index contributed by atoms with van der Waals surface area (Å²) in [7, 11) is 0. The summed E-state index contributed by atoms with van der Waals surface area (Å²) in [5, 5.41) is 10.7. The average molecular weight is 253 g/mol. The summed E-state index contributed by atoms with van der Waals surface area (Å²) in [6, 6.07) is -0.105. The Labute approximate surface area is 111 Å². The van der Waals surface area contributed by atoms with Crippen LogP contribution in [-0.4, -0.2) is 28.9 Å². The van der Waals surface area contributed by atoms with Crippen molar-refractivity contribution in [1.82, 2.24) is 10.2 Å². The molecule has 1 aliphatic heterocycles. The van der Waals surface area contributed by atoms with Crippen molar-refractivity contribution in [3.63, 3.8) is 0 Å². The van der Waals surface area contributed by atoms with Crippen LogP contribution in [0, 0.1) is 11.3 Å². The Balaban J connectivity index is 2.67. The smallest absolute Gasteiger partial charge is 0.312 e. The molecule has 0 bridgehead atoms. The van der Waals surface area contributed by atoms with Gasteiger partial charge in [-0.05, 0) is 19.3 Å². The molecule has 0 aromatic rings. The molecule has 1 atom stereocenters. The summed E-state index contributed by atoms with van der Waals surface area (Å²) in [6.07, 6.45) is 5.59. The van der Waals surface area contributed by atoms with Gasteiger partial charge in [0.1, 0.15) is 5.84 Å². The van der Waals surface area contributed by atoms with Crippen LogP contribution in [0.2, 0.25) is 0 Å². The topological polar surface area (TPSA) is 56.2 Å². The van der Waals surface area contributed by atoms with Crippen LogP contribution >= 0.6 is 0 Å². The second kappa shape index (κ2) is 6.21. The number of amidine groups is 1. The maximum atomic E-state index is 11.9. The Hall–Kier alpha value is -1.06. The van der Waals surface area contributed by atoms with Gasteiger partial charge in [-0.25, -0.2) is 4.79 Å². The zero-order valence-corrected chi connectivity index (χ0v) is 12.2. The Morgan fingerprint density at radius 1 is 1.33 bits per heavy atom. The van der Waals surface area contributed by atoms with Gasteiger partial charge in [0.05, 0.1) is 5.54 Å². The van der Waals surface area contributed by atoms with Crippen molar-refractivity contribution < 1.29 is 4.79 Å². The molecule has 0 saturated carbocycles. The lowest BCUT2D eigenvalue weighted by atomic mass is 9.91. The molecular weight excluding hydrogens is 226 g/mol. The van der Waals surface area contributed by atoms with Gasteiger partial charge in [0.25, 0.3) is 0 Å². The number of carbonyl (C=O) groups is 1. The molecule has 1 fully saturated rings. The molecule has 2 amide bonds. The molecule has 1 saturated heterocycles. The number of carbonyl (C=O) groups excluding carboxylic acids is 1. The minimum atomic E-state index is -0.422. The fourth-order valence-electron chi connectivity index (χ4n) is 2.47. The first-order chi connectivity index (χ1) is 8.41. The molecule has 0 radical (unpaired) electrons. The van der Waals surface area contributed by atoms with Gasteiger partial charge in [-0.1, -0.05) is 46.5 Å². The summed E-state index contributed by atoms with van der Waals surface area (Å²) < 4.78 is 0. The van der Waals surface area contributed by atoms with Gasteiger partial charge in [0.15, 0.2) is 0 Å². The van der Waals surface area contributed by atoms with Crippen molar-refractivity contribution in [1.29, 1.82) is 5.41 Å². The number of hydrogen-bond acceptors (Lipinski definition) is 2. The Bertz CT molecular complexity index is 314. The third-order valence-corrected chi connectivity index (χ3v) is 3.68. The average Bonchev–Trinajstić information content (AvgIpc) is 2.49. The predicted octanol–water partition coefficient (Wildman–Crippen LogP) is 3.37. The van der Waals surface area contributed by atoms with Gasteiger partial charge in [0, 0.05) is 6.54 Å². The van der Waals surface area contributed by atoms with Crippen molar-refractivity contribution in [3.05, 3.63) is 0 Å². The monoisotopic (exact) mass is 253 g/mol. The van der Waals surface area contributed by atoms with Gasteiger partial charge in [-0.15, -0.1) is 0 Å². The van der Waals surface area contributed by atoms with Crippen LogP contribution in [0.25, 0.3) is 0 Å². The van der Waals surface area contributed by atoms with Crippen molar-refractivity contribution in [3.8, 4) is 0 Å². The van der Waals surface area contributed by atoms with E-state index in [1.165, 1.54) is 19.3 Å². The number of urea groups is 1. The Morgan fingerprint density at radius 2 is 2.00 bits per heavy atom. The first-order valence-corrected chi connectivity index (χ1v) is 7.09. The summed E-state index contributed by atoms with van der Waals surface area (Å²) >= 11 is 0. The van der Waals surface area contributed by atoms with Crippen molar-refractivity contribution >= 4 is 11.9 Å². The molecule has 1 unspecified atom stereocenters. The van der Waals surface area contributed by atoms with E-state index in [-0.39, 0.29) is 6.03 Å². The molecule has 2 N–H and O–H groups in total. The summed E-state index contributed by atoms with van der Waals surface area (Å²) in [4.78, 5) is 13.7. The highest BCUT2D eigenvalue weighted by Crippen LogP contribution is 2.28. The van der Waals surface area contributed by atoms with Gasteiger partial charge < -0.3 is 4.90 Å². The maximum Gasteiger partial charge on any atom is 0.323 e. The van der Waals surface area contributed by atoms with Crippen LogP contribution in [0.15, 0.2) is 0 Å². The van der Waals surface area contributed by atoms with Crippen LogP contribution in [0.5, 0.6) is 0 Å². The molecule has 0 spiro atoms. The van der Waals surface area contributed by atoms with E-state index >= 15 is 0 Å². The number of amides is 2. The summed E-state index contributed by atoms with van der Waals surface area (Å²) in [5.74, 6) is 0.793. The van der Waals surface area contributed by atoms with Gasteiger partial charge in [-0.3, -0.25) is 10.7 Å². The lowest BCUT2D eigenvalue weighted by molar-refractivity contribution is 0.163. The molecule has 18 heavy (non-hydrogen) atoms. The van der Waals surface area contributed by atoms with E-state index in [0.717, 1.165) is 19.4 Å². The molecule has 0 aromatic carbocycles. The first kappa shape index (κ1) is 15.0. The fraction of sp³-hybridized carbons (Fsp3) is 0.857. The predicted molar refractivity (Wildman–Crippen MR) is 75.0 cm³/mol. The SMILES string of the molecule is CCCCCCC1(C)C(=N)NC(=O)N1CC(C)C. The zero-order valence-electron chi connectivity index (χ0n) is 12.2. The van der Waals surface area contributed by atoms with E-state index in [2.05, 4.69) is 26.1 Å². The minimum absolute atomic E-state index is 0.105. The van der Waals surface area contributed by atoms with Crippen LogP contribution in [0.4, 0.5) is 4.79 Å². The quantitative estimate of drug-likeness (QED) is 0.671. The van der Waals surface area contributed by atoms with Gasteiger partial charge >= 0.3 is 6.03 Å². The number of hydrogen-bond donors (Lipinski definition) is 2. The molecule has 104 valence electrons. The minimum Gasteiger partial charge on any atom is -0.312 e. The second-order valence-corrected chi connectivity index (χ2v) is 5.89. The lowest BCUT2D eigenvalue weighted by Crippen LogP contribution is -2.48. The van der Waals surface area contributed by atoms with E-state index in [4.69, 9.17) is 5.41 Å². The van der Waals surface area contributed by atoms with Crippen molar-refractivity contribution in [2.24, 2.45) is 5.92 Å². The molecular formula is C14H27N3O. The number of rotatable bonds is 7.